The SMILES string of the molecule is CC(CNC(=O)c1cccc2c1ccn2C)C(=O)O. The van der Waals surface area contributed by atoms with E-state index < -0.39 is 11.9 Å². The van der Waals surface area contributed by atoms with Crippen molar-refractivity contribution in [2.45, 2.75) is 6.92 Å². The Balaban J connectivity index is 2.20. The van der Waals surface area contributed by atoms with Crippen molar-refractivity contribution in [3.05, 3.63) is 36.0 Å². The Morgan fingerprint density at radius 3 is 2.79 bits per heavy atom. The molecular weight excluding hydrogens is 244 g/mol. The van der Waals surface area contributed by atoms with Crippen molar-refractivity contribution in [1.82, 2.24) is 9.88 Å². The predicted molar refractivity (Wildman–Crippen MR) is 72.1 cm³/mol. The molecule has 100 valence electrons. The number of benzene rings is 1. The summed E-state index contributed by atoms with van der Waals surface area (Å²) in [5, 5.41) is 12.3. The van der Waals surface area contributed by atoms with Crippen LogP contribution in [-0.2, 0) is 11.8 Å². The summed E-state index contributed by atoms with van der Waals surface area (Å²) >= 11 is 0. The lowest BCUT2D eigenvalue weighted by Gasteiger charge is -2.09. The number of nitrogens with one attached hydrogen (secondary N) is 1. The summed E-state index contributed by atoms with van der Waals surface area (Å²) in [6.45, 7) is 1.68. The third-order valence-corrected chi connectivity index (χ3v) is 3.16. The molecule has 19 heavy (non-hydrogen) atoms. The van der Waals surface area contributed by atoms with Crippen molar-refractivity contribution < 1.29 is 14.7 Å². The van der Waals surface area contributed by atoms with E-state index in [4.69, 9.17) is 5.11 Å². The number of amides is 1. The van der Waals surface area contributed by atoms with Crippen molar-refractivity contribution in [1.29, 1.82) is 0 Å². The molecule has 1 amide bonds. The fraction of sp³-hybridized carbons (Fsp3) is 0.286. The third-order valence-electron chi connectivity index (χ3n) is 3.16. The highest BCUT2D eigenvalue weighted by molar-refractivity contribution is 6.06. The molecule has 0 saturated heterocycles. The number of hydrogen-bond donors (Lipinski definition) is 2. The maximum atomic E-state index is 12.1. The number of aryl methyl sites for hydroxylation is 1. The molecule has 1 atom stereocenters. The average Bonchev–Trinajstić information content (AvgIpc) is 2.77. The molecule has 0 radical (unpaired) electrons. The molecule has 0 aliphatic carbocycles. The largest absolute Gasteiger partial charge is 0.481 e. The van der Waals surface area contributed by atoms with Crippen molar-refractivity contribution in [2.75, 3.05) is 6.54 Å². The van der Waals surface area contributed by atoms with E-state index in [0.29, 0.717) is 5.56 Å². The van der Waals surface area contributed by atoms with E-state index in [1.54, 1.807) is 13.0 Å². The minimum atomic E-state index is -0.918. The van der Waals surface area contributed by atoms with E-state index in [1.807, 2.05) is 36.0 Å². The lowest BCUT2D eigenvalue weighted by molar-refractivity contribution is -0.140. The highest BCUT2D eigenvalue weighted by atomic mass is 16.4. The number of aromatic nitrogens is 1. The van der Waals surface area contributed by atoms with Gasteiger partial charge in [-0.3, -0.25) is 9.59 Å². The predicted octanol–water partition coefficient (Wildman–Crippen LogP) is 1.63. The number of rotatable bonds is 4. The van der Waals surface area contributed by atoms with E-state index in [2.05, 4.69) is 5.32 Å². The fourth-order valence-corrected chi connectivity index (χ4v) is 1.93. The van der Waals surface area contributed by atoms with Gasteiger partial charge in [0, 0.05) is 36.3 Å². The molecule has 0 fully saturated rings. The lowest BCUT2D eigenvalue weighted by Crippen LogP contribution is -2.31. The molecular formula is C14H16N2O3. The zero-order valence-electron chi connectivity index (χ0n) is 10.9. The Bertz CT molecular complexity index is 631. The summed E-state index contributed by atoms with van der Waals surface area (Å²) in [5.74, 6) is -1.76. The first-order chi connectivity index (χ1) is 9.00. The third kappa shape index (κ3) is 2.59. The van der Waals surface area contributed by atoms with Gasteiger partial charge in [0.05, 0.1) is 5.92 Å². The van der Waals surface area contributed by atoms with E-state index in [0.717, 1.165) is 10.9 Å². The summed E-state index contributed by atoms with van der Waals surface area (Å²) in [6, 6.07) is 7.37. The summed E-state index contributed by atoms with van der Waals surface area (Å²) < 4.78 is 1.94. The number of nitrogens with zero attached hydrogens (tertiary/aromatic N) is 1. The van der Waals surface area contributed by atoms with Crippen LogP contribution in [0.25, 0.3) is 10.9 Å². The van der Waals surface area contributed by atoms with E-state index >= 15 is 0 Å². The van der Waals surface area contributed by atoms with Gasteiger partial charge in [0.2, 0.25) is 0 Å². The van der Waals surface area contributed by atoms with Crippen LogP contribution in [0.4, 0.5) is 0 Å². The van der Waals surface area contributed by atoms with Crippen LogP contribution in [0.1, 0.15) is 17.3 Å². The Kier molecular flexibility index (Phi) is 3.55. The standard InChI is InChI=1S/C14H16N2O3/c1-9(14(18)19)8-15-13(17)11-4-3-5-12-10(11)6-7-16(12)2/h3-7,9H,8H2,1-2H3,(H,15,17)(H,18,19). The van der Waals surface area contributed by atoms with Crippen molar-refractivity contribution in [3.8, 4) is 0 Å². The number of carbonyl (C=O) groups excluding carboxylic acids is 1. The Hall–Kier alpha value is -2.30. The molecule has 5 heteroatoms. The molecule has 0 aliphatic heterocycles. The second kappa shape index (κ2) is 5.14. The van der Waals surface area contributed by atoms with Crippen molar-refractivity contribution in [3.63, 3.8) is 0 Å². The summed E-state index contributed by atoms with van der Waals surface area (Å²) in [6.07, 6.45) is 1.89. The minimum Gasteiger partial charge on any atom is -0.481 e. The Morgan fingerprint density at radius 1 is 1.37 bits per heavy atom. The fourth-order valence-electron chi connectivity index (χ4n) is 1.93. The van der Waals surface area contributed by atoms with Crippen LogP contribution in [0, 0.1) is 5.92 Å². The van der Waals surface area contributed by atoms with Crippen molar-refractivity contribution in [2.24, 2.45) is 13.0 Å². The van der Waals surface area contributed by atoms with Gasteiger partial charge in [-0.1, -0.05) is 13.0 Å². The van der Waals surface area contributed by atoms with Gasteiger partial charge in [0.25, 0.3) is 5.91 Å². The maximum absolute atomic E-state index is 12.1. The number of carboxylic acid groups (broad SMARTS) is 1. The number of fused-ring (bicyclic) bond motifs is 1. The highest BCUT2D eigenvalue weighted by Gasteiger charge is 2.15. The van der Waals surface area contributed by atoms with Crippen LogP contribution in [0.15, 0.2) is 30.5 Å². The quantitative estimate of drug-likeness (QED) is 0.877. The van der Waals surface area contributed by atoms with Crippen LogP contribution >= 0.6 is 0 Å². The zero-order chi connectivity index (χ0) is 14.0. The van der Waals surface area contributed by atoms with Gasteiger partial charge in [-0.25, -0.2) is 0 Å². The molecule has 2 rings (SSSR count). The number of carbonyl (C=O) groups is 2. The topological polar surface area (TPSA) is 71.3 Å². The second-order valence-corrected chi connectivity index (χ2v) is 4.61. The highest BCUT2D eigenvalue weighted by Crippen LogP contribution is 2.19. The molecule has 0 aliphatic rings. The summed E-state index contributed by atoms with van der Waals surface area (Å²) in [7, 11) is 1.91. The molecule has 1 unspecified atom stereocenters. The smallest absolute Gasteiger partial charge is 0.308 e. The van der Waals surface area contributed by atoms with Gasteiger partial charge in [0.15, 0.2) is 0 Å². The molecule has 1 aromatic carbocycles. The van der Waals surface area contributed by atoms with E-state index in [-0.39, 0.29) is 12.5 Å². The first-order valence-electron chi connectivity index (χ1n) is 6.05. The minimum absolute atomic E-state index is 0.122. The van der Waals surface area contributed by atoms with Gasteiger partial charge in [-0.15, -0.1) is 0 Å². The molecule has 0 bridgehead atoms. The molecule has 0 saturated carbocycles. The van der Waals surface area contributed by atoms with Crippen LogP contribution in [0.2, 0.25) is 0 Å². The van der Waals surface area contributed by atoms with Gasteiger partial charge >= 0.3 is 5.97 Å². The molecule has 5 nitrogen and oxygen atoms in total. The molecule has 2 aromatic rings. The zero-order valence-corrected chi connectivity index (χ0v) is 10.9. The van der Waals surface area contributed by atoms with Gasteiger partial charge in [-0.2, -0.15) is 0 Å². The van der Waals surface area contributed by atoms with Gasteiger partial charge < -0.3 is 15.0 Å². The number of carboxylic acids is 1. The van der Waals surface area contributed by atoms with Gasteiger partial charge in [-0.05, 0) is 18.2 Å². The summed E-state index contributed by atoms with van der Waals surface area (Å²) in [5.41, 5.74) is 1.54. The van der Waals surface area contributed by atoms with Gasteiger partial charge in [0.1, 0.15) is 0 Å². The number of hydrogen-bond acceptors (Lipinski definition) is 2. The maximum Gasteiger partial charge on any atom is 0.308 e. The monoisotopic (exact) mass is 260 g/mol. The second-order valence-electron chi connectivity index (χ2n) is 4.61. The molecule has 0 spiro atoms. The normalized spacial score (nSPS) is 12.3. The van der Waals surface area contributed by atoms with Crippen LogP contribution in [-0.4, -0.2) is 28.1 Å². The molecule has 2 N–H and O–H groups in total. The Morgan fingerprint density at radius 2 is 2.11 bits per heavy atom. The van der Waals surface area contributed by atoms with Crippen molar-refractivity contribution >= 4 is 22.8 Å². The first-order valence-corrected chi connectivity index (χ1v) is 6.05. The molecule has 1 aromatic heterocycles. The van der Waals surface area contributed by atoms with Crippen LogP contribution in [0.5, 0.6) is 0 Å². The van der Waals surface area contributed by atoms with Crippen LogP contribution < -0.4 is 5.32 Å². The molecule has 1 heterocycles. The average molecular weight is 260 g/mol. The Labute approximate surface area is 110 Å². The van der Waals surface area contributed by atoms with Crippen LogP contribution in [0.3, 0.4) is 0 Å². The van der Waals surface area contributed by atoms with E-state index in [9.17, 15) is 9.59 Å². The number of aliphatic carboxylic acids is 1. The summed E-state index contributed by atoms with van der Waals surface area (Å²) in [4.78, 5) is 22.8. The lowest BCUT2D eigenvalue weighted by atomic mass is 10.1. The van der Waals surface area contributed by atoms with E-state index in [1.165, 1.54) is 0 Å². The first kappa shape index (κ1) is 13.1.